The van der Waals surface area contributed by atoms with Crippen LogP contribution in [-0.4, -0.2) is 26.1 Å². The molecule has 3 amide bonds. The number of benzene rings is 3. The number of imide groups is 1. The molecule has 8 nitrogen and oxygen atoms in total. The molecule has 0 bridgehead atoms. The third kappa shape index (κ3) is 5.44. The highest BCUT2D eigenvalue weighted by Crippen LogP contribution is 2.28. The minimum Gasteiger partial charge on any atom is -0.322 e. The normalized spacial score (nSPS) is 16.0. The van der Waals surface area contributed by atoms with Gasteiger partial charge in [-0.3, -0.25) is 24.4 Å². The Labute approximate surface area is 201 Å². The number of piperidine rings is 1. The van der Waals surface area contributed by atoms with E-state index in [1.165, 1.54) is 18.2 Å². The molecule has 3 N–H and O–H groups in total. The zero-order valence-corrected chi connectivity index (χ0v) is 19.3. The summed E-state index contributed by atoms with van der Waals surface area (Å²) in [6.07, 6.45) is 0.580. The molecule has 0 aliphatic carbocycles. The lowest BCUT2D eigenvalue weighted by Gasteiger charge is -2.21. The topological polar surface area (TPSA) is 121 Å². The van der Waals surface area contributed by atoms with E-state index in [9.17, 15) is 22.8 Å². The predicted molar refractivity (Wildman–Crippen MR) is 128 cm³/mol. The largest absolute Gasteiger partial charge is 0.322 e. The van der Waals surface area contributed by atoms with Gasteiger partial charge in [0.15, 0.2) is 0 Å². The maximum absolute atomic E-state index is 13.0. The van der Waals surface area contributed by atoms with Crippen LogP contribution in [0.4, 0.5) is 11.4 Å². The minimum absolute atomic E-state index is 0.0483. The molecule has 0 spiro atoms. The number of halogens is 1. The van der Waals surface area contributed by atoms with Gasteiger partial charge in [-0.2, -0.15) is 0 Å². The van der Waals surface area contributed by atoms with Gasteiger partial charge in [0.25, 0.3) is 15.9 Å². The molecule has 1 atom stereocenters. The van der Waals surface area contributed by atoms with E-state index in [4.69, 9.17) is 11.6 Å². The van der Waals surface area contributed by atoms with Gasteiger partial charge in [0, 0.05) is 28.4 Å². The Hall–Kier alpha value is -3.69. The van der Waals surface area contributed by atoms with Gasteiger partial charge >= 0.3 is 0 Å². The lowest BCUT2D eigenvalue weighted by molar-refractivity contribution is -0.134. The molecule has 1 aliphatic heterocycles. The second-order valence-electron chi connectivity index (χ2n) is 7.72. The van der Waals surface area contributed by atoms with Crippen LogP contribution in [0.15, 0.2) is 77.7 Å². The molecular formula is C24H20ClN3O5S. The van der Waals surface area contributed by atoms with Crippen molar-refractivity contribution < 1.29 is 22.8 Å². The minimum atomic E-state index is -3.99. The van der Waals surface area contributed by atoms with Crippen LogP contribution in [0.5, 0.6) is 0 Å². The molecule has 1 saturated heterocycles. The van der Waals surface area contributed by atoms with Crippen molar-refractivity contribution in [3.63, 3.8) is 0 Å². The summed E-state index contributed by atoms with van der Waals surface area (Å²) in [6.45, 7) is 0. The van der Waals surface area contributed by atoms with Crippen molar-refractivity contribution in [2.45, 2.75) is 23.7 Å². The molecule has 3 aromatic rings. The average Bonchev–Trinajstić information content (AvgIpc) is 2.79. The average molecular weight is 498 g/mol. The van der Waals surface area contributed by atoms with Crippen LogP contribution in [-0.2, 0) is 19.6 Å². The van der Waals surface area contributed by atoms with E-state index in [1.54, 1.807) is 54.6 Å². The second kappa shape index (κ2) is 9.66. The van der Waals surface area contributed by atoms with E-state index in [0.717, 1.165) is 0 Å². The van der Waals surface area contributed by atoms with Crippen molar-refractivity contribution >= 4 is 50.7 Å². The summed E-state index contributed by atoms with van der Waals surface area (Å²) in [5.41, 5.74) is 1.56. The fourth-order valence-electron chi connectivity index (χ4n) is 3.59. The standard InChI is InChI=1S/C24H20ClN3O5S/c25-17-9-7-15(8-10-17)23(30)26-18-4-2-6-20(14-18)34(32,33)28-19-5-1-3-16(13-19)21-11-12-22(29)27-24(21)31/h1-10,13-14,21,28H,11-12H2,(H,26,30)(H,27,29,31). The van der Waals surface area contributed by atoms with Crippen LogP contribution >= 0.6 is 11.6 Å². The van der Waals surface area contributed by atoms with Crippen molar-refractivity contribution in [3.8, 4) is 0 Å². The first-order chi connectivity index (χ1) is 16.2. The van der Waals surface area contributed by atoms with E-state index < -0.39 is 27.8 Å². The zero-order valence-electron chi connectivity index (χ0n) is 17.7. The number of hydrogen-bond donors (Lipinski definition) is 3. The Kier molecular flexibility index (Phi) is 6.67. The molecule has 34 heavy (non-hydrogen) atoms. The predicted octanol–water partition coefficient (Wildman–Crippen LogP) is 3.91. The lowest BCUT2D eigenvalue weighted by Crippen LogP contribution is -2.39. The van der Waals surface area contributed by atoms with E-state index in [2.05, 4.69) is 15.4 Å². The fraction of sp³-hybridized carbons (Fsp3) is 0.125. The number of rotatable bonds is 6. The molecule has 0 aromatic heterocycles. The Balaban J connectivity index is 1.51. The summed E-state index contributed by atoms with van der Waals surface area (Å²) >= 11 is 5.84. The van der Waals surface area contributed by atoms with Crippen molar-refractivity contribution in [1.29, 1.82) is 0 Å². The van der Waals surface area contributed by atoms with E-state index in [0.29, 0.717) is 28.3 Å². The van der Waals surface area contributed by atoms with Crippen molar-refractivity contribution in [1.82, 2.24) is 5.32 Å². The van der Waals surface area contributed by atoms with Crippen LogP contribution in [0, 0.1) is 0 Å². The van der Waals surface area contributed by atoms with Crippen LogP contribution < -0.4 is 15.4 Å². The Bertz CT molecular complexity index is 1370. The zero-order chi connectivity index (χ0) is 24.3. The molecule has 10 heteroatoms. The van der Waals surface area contributed by atoms with E-state index >= 15 is 0 Å². The van der Waals surface area contributed by atoms with Gasteiger partial charge in [-0.25, -0.2) is 8.42 Å². The van der Waals surface area contributed by atoms with Crippen molar-refractivity contribution in [2.75, 3.05) is 10.0 Å². The van der Waals surface area contributed by atoms with Gasteiger partial charge in [0.1, 0.15) is 0 Å². The number of sulfonamides is 1. The van der Waals surface area contributed by atoms with Crippen LogP contribution in [0.25, 0.3) is 0 Å². The molecule has 1 heterocycles. The molecule has 1 aliphatic rings. The highest BCUT2D eigenvalue weighted by molar-refractivity contribution is 7.92. The van der Waals surface area contributed by atoms with Crippen molar-refractivity contribution in [3.05, 3.63) is 88.9 Å². The number of anilines is 2. The molecule has 174 valence electrons. The molecule has 4 rings (SSSR count). The Morgan fingerprint density at radius 1 is 0.941 bits per heavy atom. The quantitative estimate of drug-likeness (QED) is 0.446. The summed E-state index contributed by atoms with van der Waals surface area (Å²) < 4.78 is 28.5. The maximum Gasteiger partial charge on any atom is 0.261 e. The van der Waals surface area contributed by atoms with Crippen LogP contribution in [0.1, 0.15) is 34.7 Å². The van der Waals surface area contributed by atoms with E-state index in [1.807, 2.05) is 0 Å². The first-order valence-corrected chi connectivity index (χ1v) is 12.2. The Morgan fingerprint density at radius 2 is 1.65 bits per heavy atom. The van der Waals surface area contributed by atoms with Gasteiger partial charge in [-0.15, -0.1) is 0 Å². The van der Waals surface area contributed by atoms with Gasteiger partial charge < -0.3 is 5.32 Å². The summed E-state index contributed by atoms with van der Waals surface area (Å²) in [4.78, 5) is 35.9. The number of carbonyl (C=O) groups is 3. The second-order valence-corrected chi connectivity index (χ2v) is 9.84. The third-order valence-corrected chi connectivity index (χ3v) is 6.92. The summed E-state index contributed by atoms with van der Waals surface area (Å²) in [5, 5.41) is 5.47. The number of hydrogen-bond acceptors (Lipinski definition) is 5. The third-order valence-electron chi connectivity index (χ3n) is 5.29. The lowest BCUT2D eigenvalue weighted by atomic mass is 9.90. The molecule has 0 saturated carbocycles. The number of amides is 3. The van der Waals surface area contributed by atoms with Crippen LogP contribution in [0.3, 0.4) is 0 Å². The fourth-order valence-corrected chi connectivity index (χ4v) is 4.81. The van der Waals surface area contributed by atoms with Crippen molar-refractivity contribution in [2.24, 2.45) is 0 Å². The summed E-state index contributed by atoms with van der Waals surface area (Å²) in [7, 11) is -3.99. The molecule has 3 aromatic carbocycles. The van der Waals surface area contributed by atoms with Crippen LogP contribution in [0.2, 0.25) is 5.02 Å². The molecular weight excluding hydrogens is 478 g/mol. The van der Waals surface area contributed by atoms with Gasteiger partial charge in [0.05, 0.1) is 10.8 Å². The summed E-state index contributed by atoms with van der Waals surface area (Å²) in [5.74, 6) is -1.66. The number of nitrogens with one attached hydrogen (secondary N) is 3. The highest BCUT2D eigenvalue weighted by atomic mass is 35.5. The number of carbonyl (C=O) groups excluding carboxylic acids is 3. The smallest absolute Gasteiger partial charge is 0.261 e. The molecule has 1 fully saturated rings. The highest BCUT2D eigenvalue weighted by Gasteiger charge is 2.28. The Morgan fingerprint density at radius 3 is 2.38 bits per heavy atom. The monoisotopic (exact) mass is 497 g/mol. The van der Waals surface area contributed by atoms with E-state index in [-0.39, 0.29) is 22.9 Å². The first kappa shape index (κ1) is 23.5. The van der Waals surface area contributed by atoms with Gasteiger partial charge in [-0.1, -0.05) is 29.8 Å². The maximum atomic E-state index is 13.0. The SMILES string of the molecule is O=C1CCC(c2cccc(NS(=O)(=O)c3cccc(NC(=O)c4ccc(Cl)cc4)c3)c2)C(=O)N1. The molecule has 1 unspecified atom stereocenters. The van der Waals surface area contributed by atoms with Gasteiger partial charge in [0.2, 0.25) is 11.8 Å². The van der Waals surface area contributed by atoms with Gasteiger partial charge in [-0.05, 0) is 66.6 Å². The first-order valence-electron chi connectivity index (χ1n) is 10.3. The summed E-state index contributed by atoms with van der Waals surface area (Å²) in [6, 6.07) is 18.7. The molecule has 0 radical (unpaired) electrons.